The quantitative estimate of drug-likeness (QED) is 0.649. The molecule has 4 rings (SSSR count). The van der Waals surface area contributed by atoms with E-state index >= 15 is 0 Å². The molecule has 0 amide bonds. The van der Waals surface area contributed by atoms with Gasteiger partial charge in [-0.25, -0.2) is 0 Å². The maximum Gasteiger partial charge on any atom is 0.0875 e. The number of hydrogen-bond donors (Lipinski definition) is 2. The Morgan fingerprint density at radius 1 is 1.09 bits per heavy atom. The van der Waals surface area contributed by atoms with E-state index in [1.54, 1.807) is 0 Å². The summed E-state index contributed by atoms with van der Waals surface area (Å²) in [5, 5.41) is 7.60. The molecule has 2 heterocycles. The minimum Gasteiger partial charge on any atom is -0.368 e. The van der Waals surface area contributed by atoms with Gasteiger partial charge in [0.2, 0.25) is 0 Å². The molecule has 0 saturated carbocycles. The van der Waals surface area contributed by atoms with Crippen molar-refractivity contribution in [1.82, 2.24) is 5.32 Å². The molecule has 0 bridgehead atoms. The summed E-state index contributed by atoms with van der Waals surface area (Å²) < 4.78 is 1.02. The molecule has 0 aromatic heterocycles. The van der Waals surface area contributed by atoms with Crippen molar-refractivity contribution >= 4 is 56.5 Å². The standard InChI is InChI=1S/C17H16BrClN4/c18-11-1-2-14-16(7-11)21-10-13-15(22-14)8-12(19)9-17(13)23-5-3-20-4-6-23/h1-2,7-10,20,22H,3-6H2. The smallest absolute Gasteiger partial charge is 0.0875 e. The minimum absolute atomic E-state index is 0.735. The number of nitrogens with zero attached hydrogens (tertiary/aromatic N) is 2. The molecule has 0 radical (unpaired) electrons. The maximum atomic E-state index is 6.37. The van der Waals surface area contributed by atoms with E-state index in [0.29, 0.717) is 0 Å². The summed E-state index contributed by atoms with van der Waals surface area (Å²) in [6.45, 7) is 3.91. The number of benzene rings is 2. The van der Waals surface area contributed by atoms with E-state index < -0.39 is 0 Å². The van der Waals surface area contributed by atoms with Crippen LogP contribution in [0, 0.1) is 0 Å². The fraction of sp³-hybridized carbons (Fsp3) is 0.235. The lowest BCUT2D eigenvalue weighted by molar-refractivity contribution is 0.589. The largest absolute Gasteiger partial charge is 0.368 e. The predicted molar refractivity (Wildman–Crippen MR) is 101 cm³/mol. The third-order valence-corrected chi connectivity index (χ3v) is 4.85. The number of hydrogen-bond acceptors (Lipinski definition) is 4. The van der Waals surface area contributed by atoms with Crippen LogP contribution in [0.2, 0.25) is 5.02 Å². The van der Waals surface area contributed by atoms with Gasteiger partial charge in [0.05, 0.1) is 17.1 Å². The number of piperazine rings is 1. The average molecular weight is 392 g/mol. The number of rotatable bonds is 1. The minimum atomic E-state index is 0.735. The second kappa shape index (κ2) is 6.15. The normalized spacial score (nSPS) is 16.3. The van der Waals surface area contributed by atoms with Gasteiger partial charge in [0, 0.05) is 53.1 Å². The Labute approximate surface area is 148 Å². The number of aliphatic imine (C=N–C) groups is 1. The van der Waals surface area contributed by atoms with Gasteiger partial charge in [-0.3, -0.25) is 4.99 Å². The number of fused-ring (bicyclic) bond motifs is 2. The highest BCUT2D eigenvalue weighted by Crippen LogP contribution is 2.39. The van der Waals surface area contributed by atoms with Crippen LogP contribution in [0.5, 0.6) is 0 Å². The molecule has 118 valence electrons. The fourth-order valence-electron chi connectivity index (χ4n) is 3.01. The molecule has 23 heavy (non-hydrogen) atoms. The van der Waals surface area contributed by atoms with Gasteiger partial charge < -0.3 is 15.5 Å². The SMILES string of the molecule is Clc1cc2c(c(N3CCNCC3)c1)C=Nc1cc(Br)ccc1N2. The molecular formula is C17H16BrClN4. The van der Waals surface area contributed by atoms with Crippen molar-refractivity contribution in [3.63, 3.8) is 0 Å². The molecule has 2 aliphatic heterocycles. The summed E-state index contributed by atoms with van der Waals surface area (Å²) in [6, 6.07) is 10.0. The van der Waals surface area contributed by atoms with E-state index in [2.05, 4.69) is 36.5 Å². The van der Waals surface area contributed by atoms with Crippen LogP contribution >= 0.6 is 27.5 Å². The van der Waals surface area contributed by atoms with Gasteiger partial charge in [0.1, 0.15) is 0 Å². The first-order chi connectivity index (χ1) is 11.2. The molecule has 6 heteroatoms. The van der Waals surface area contributed by atoms with Gasteiger partial charge in [0.25, 0.3) is 0 Å². The van der Waals surface area contributed by atoms with Crippen LogP contribution in [0.3, 0.4) is 0 Å². The Bertz CT molecular complexity index is 784. The Balaban J connectivity index is 1.82. The van der Waals surface area contributed by atoms with Crippen LogP contribution in [0.1, 0.15) is 5.56 Å². The van der Waals surface area contributed by atoms with E-state index in [0.717, 1.165) is 64.0 Å². The fourth-order valence-corrected chi connectivity index (χ4v) is 3.57. The van der Waals surface area contributed by atoms with Crippen molar-refractivity contribution in [3.8, 4) is 0 Å². The third-order valence-electron chi connectivity index (χ3n) is 4.14. The molecule has 1 saturated heterocycles. The zero-order valence-corrected chi connectivity index (χ0v) is 14.8. The van der Waals surface area contributed by atoms with E-state index in [4.69, 9.17) is 11.6 Å². The molecule has 0 aliphatic carbocycles. The van der Waals surface area contributed by atoms with Gasteiger partial charge in [0.15, 0.2) is 0 Å². The van der Waals surface area contributed by atoms with Crippen molar-refractivity contribution in [2.45, 2.75) is 0 Å². The van der Waals surface area contributed by atoms with Crippen LogP contribution in [0.15, 0.2) is 39.8 Å². The molecule has 4 nitrogen and oxygen atoms in total. The lowest BCUT2D eigenvalue weighted by Gasteiger charge is -2.31. The number of halogens is 2. The van der Waals surface area contributed by atoms with Crippen LogP contribution in [0.4, 0.5) is 22.7 Å². The van der Waals surface area contributed by atoms with Gasteiger partial charge >= 0.3 is 0 Å². The van der Waals surface area contributed by atoms with Gasteiger partial charge in [-0.1, -0.05) is 27.5 Å². The van der Waals surface area contributed by atoms with Crippen molar-refractivity contribution in [2.24, 2.45) is 4.99 Å². The van der Waals surface area contributed by atoms with Crippen molar-refractivity contribution in [3.05, 3.63) is 45.4 Å². The predicted octanol–water partition coefficient (Wildman–Crippen LogP) is 4.32. The van der Waals surface area contributed by atoms with Crippen LogP contribution in [-0.2, 0) is 0 Å². The lowest BCUT2D eigenvalue weighted by Crippen LogP contribution is -2.43. The maximum absolute atomic E-state index is 6.37. The summed E-state index contributed by atoms with van der Waals surface area (Å²) >= 11 is 9.87. The summed E-state index contributed by atoms with van der Waals surface area (Å²) in [5.74, 6) is 0. The van der Waals surface area contributed by atoms with Crippen molar-refractivity contribution < 1.29 is 0 Å². The van der Waals surface area contributed by atoms with E-state index in [1.807, 2.05) is 36.5 Å². The molecular weight excluding hydrogens is 376 g/mol. The molecule has 1 fully saturated rings. The van der Waals surface area contributed by atoms with Gasteiger partial charge in [-0.05, 0) is 30.3 Å². The molecule has 2 aliphatic rings. The number of nitrogens with one attached hydrogen (secondary N) is 2. The zero-order valence-electron chi connectivity index (χ0n) is 12.4. The van der Waals surface area contributed by atoms with Crippen molar-refractivity contribution in [1.29, 1.82) is 0 Å². The molecule has 2 N–H and O–H groups in total. The first kappa shape index (κ1) is 15.0. The van der Waals surface area contributed by atoms with Crippen LogP contribution < -0.4 is 15.5 Å². The highest BCUT2D eigenvalue weighted by molar-refractivity contribution is 9.10. The topological polar surface area (TPSA) is 39.7 Å². The first-order valence-corrected chi connectivity index (χ1v) is 8.78. The zero-order chi connectivity index (χ0) is 15.8. The highest BCUT2D eigenvalue weighted by Gasteiger charge is 2.19. The monoisotopic (exact) mass is 390 g/mol. The lowest BCUT2D eigenvalue weighted by atomic mass is 10.1. The molecule has 0 atom stereocenters. The van der Waals surface area contributed by atoms with E-state index in [-0.39, 0.29) is 0 Å². The highest BCUT2D eigenvalue weighted by atomic mass is 79.9. The van der Waals surface area contributed by atoms with Crippen molar-refractivity contribution in [2.75, 3.05) is 36.4 Å². The Morgan fingerprint density at radius 2 is 1.91 bits per heavy atom. The third kappa shape index (κ3) is 2.96. The Kier molecular flexibility index (Phi) is 4.01. The van der Waals surface area contributed by atoms with E-state index in [1.165, 1.54) is 0 Å². The van der Waals surface area contributed by atoms with Gasteiger partial charge in [-0.2, -0.15) is 0 Å². The second-order valence-electron chi connectivity index (χ2n) is 5.67. The molecule has 2 aromatic rings. The number of anilines is 3. The summed E-state index contributed by atoms with van der Waals surface area (Å²) in [4.78, 5) is 7.03. The Morgan fingerprint density at radius 3 is 2.74 bits per heavy atom. The second-order valence-corrected chi connectivity index (χ2v) is 7.02. The Hall–Kier alpha value is -1.56. The molecule has 2 aromatic carbocycles. The first-order valence-electron chi connectivity index (χ1n) is 7.60. The van der Waals surface area contributed by atoms with E-state index in [9.17, 15) is 0 Å². The summed E-state index contributed by atoms with van der Waals surface area (Å²) in [6.07, 6.45) is 1.94. The summed E-state index contributed by atoms with van der Waals surface area (Å²) in [7, 11) is 0. The summed E-state index contributed by atoms with van der Waals surface area (Å²) in [5.41, 5.74) is 5.12. The molecule has 0 unspecified atom stereocenters. The van der Waals surface area contributed by atoms with Crippen LogP contribution in [0.25, 0.3) is 0 Å². The van der Waals surface area contributed by atoms with Crippen LogP contribution in [-0.4, -0.2) is 32.4 Å². The average Bonchev–Trinajstić information content (AvgIpc) is 2.73. The van der Waals surface area contributed by atoms with Gasteiger partial charge in [-0.15, -0.1) is 0 Å². The molecule has 0 spiro atoms.